The standard InChI is InChI=1S/C13H20N2O2S/c1-4-6-9-7-13(3,17-11(9)16)10-8-18-12(15-10)14-5-2/h8-9H,4-7H2,1-3H3,(H,14,15). The van der Waals surface area contributed by atoms with Crippen LogP contribution in [-0.4, -0.2) is 17.5 Å². The van der Waals surface area contributed by atoms with Gasteiger partial charge in [-0.2, -0.15) is 0 Å². The second kappa shape index (κ2) is 5.26. The van der Waals surface area contributed by atoms with Gasteiger partial charge < -0.3 is 10.1 Å². The lowest BCUT2D eigenvalue weighted by atomic mass is 9.91. The van der Waals surface area contributed by atoms with Crippen molar-refractivity contribution in [2.45, 2.75) is 45.6 Å². The summed E-state index contributed by atoms with van der Waals surface area (Å²) in [6.07, 6.45) is 2.66. The van der Waals surface area contributed by atoms with E-state index in [1.54, 1.807) is 11.3 Å². The minimum atomic E-state index is -0.541. The molecule has 0 radical (unpaired) electrons. The number of aromatic nitrogens is 1. The van der Waals surface area contributed by atoms with Crippen molar-refractivity contribution in [1.29, 1.82) is 0 Å². The third-order valence-electron chi connectivity index (χ3n) is 3.31. The quantitative estimate of drug-likeness (QED) is 0.833. The van der Waals surface area contributed by atoms with Gasteiger partial charge in [0.2, 0.25) is 0 Å². The smallest absolute Gasteiger partial charge is 0.310 e. The highest BCUT2D eigenvalue weighted by molar-refractivity contribution is 7.13. The minimum absolute atomic E-state index is 0.0317. The Morgan fingerprint density at radius 1 is 1.61 bits per heavy atom. The van der Waals surface area contributed by atoms with Crippen LogP contribution in [0, 0.1) is 5.92 Å². The molecule has 1 aliphatic rings. The number of thiazole rings is 1. The number of carbonyl (C=O) groups excluding carboxylic acids is 1. The Labute approximate surface area is 112 Å². The number of anilines is 1. The molecule has 0 spiro atoms. The normalized spacial score (nSPS) is 27.3. The number of cyclic esters (lactones) is 1. The van der Waals surface area contributed by atoms with Gasteiger partial charge in [0.15, 0.2) is 10.7 Å². The van der Waals surface area contributed by atoms with Crippen molar-refractivity contribution in [3.63, 3.8) is 0 Å². The van der Waals surface area contributed by atoms with Crippen LogP contribution in [0.3, 0.4) is 0 Å². The molecule has 0 aromatic carbocycles. The van der Waals surface area contributed by atoms with Crippen LogP contribution in [0.15, 0.2) is 5.38 Å². The largest absolute Gasteiger partial charge is 0.453 e. The number of hydrogen-bond donors (Lipinski definition) is 1. The van der Waals surface area contributed by atoms with Crippen LogP contribution in [0.25, 0.3) is 0 Å². The number of hydrogen-bond acceptors (Lipinski definition) is 5. The molecule has 0 aliphatic carbocycles. The van der Waals surface area contributed by atoms with E-state index < -0.39 is 5.60 Å². The fraction of sp³-hybridized carbons (Fsp3) is 0.692. The molecule has 2 unspecified atom stereocenters. The lowest BCUT2D eigenvalue weighted by Gasteiger charge is -2.19. The Balaban J connectivity index is 2.13. The SMILES string of the molecule is CCCC1CC(C)(c2csc(NCC)n2)OC1=O. The van der Waals surface area contributed by atoms with Crippen molar-refractivity contribution >= 4 is 22.4 Å². The molecule has 4 nitrogen and oxygen atoms in total. The second-order valence-corrected chi connectivity index (χ2v) is 5.77. The molecule has 1 saturated heterocycles. The van der Waals surface area contributed by atoms with Crippen molar-refractivity contribution in [3.8, 4) is 0 Å². The van der Waals surface area contributed by atoms with E-state index in [9.17, 15) is 4.79 Å². The summed E-state index contributed by atoms with van der Waals surface area (Å²) in [5.41, 5.74) is 0.330. The Morgan fingerprint density at radius 3 is 3.06 bits per heavy atom. The van der Waals surface area contributed by atoms with Crippen molar-refractivity contribution in [2.24, 2.45) is 5.92 Å². The van der Waals surface area contributed by atoms with Crippen LogP contribution in [0.1, 0.15) is 45.7 Å². The Kier molecular flexibility index (Phi) is 3.90. The minimum Gasteiger partial charge on any atom is -0.453 e. The zero-order valence-electron chi connectivity index (χ0n) is 11.2. The van der Waals surface area contributed by atoms with Gasteiger partial charge in [-0.25, -0.2) is 4.98 Å². The zero-order chi connectivity index (χ0) is 13.2. The van der Waals surface area contributed by atoms with E-state index in [0.29, 0.717) is 0 Å². The molecule has 0 saturated carbocycles. The van der Waals surface area contributed by atoms with Crippen LogP contribution in [-0.2, 0) is 15.1 Å². The van der Waals surface area contributed by atoms with Gasteiger partial charge >= 0.3 is 5.97 Å². The maximum atomic E-state index is 11.8. The Hall–Kier alpha value is -1.10. The fourth-order valence-electron chi connectivity index (χ4n) is 2.37. The van der Waals surface area contributed by atoms with Crippen LogP contribution < -0.4 is 5.32 Å². The number of carbonyl (C=O) groups is 1. The van der Waals surface area contributed by atoms with Gasteiger partial charge in [0.05, 0.1) is 11.6 Å². The molecule has 1 aliphatic heterocycles. The van der Waals surface area contributed by atoms with Gasteiger partial charge in [-0.1, -0.05) is 13.3 Å². The highest BCUT2D eigenvalue weighted by atomic mass is 32.1. The summed E-state index contributed by atoms with van der Waals surface area (Å²) < 4.78 is 5.57. The molecule has 1 fully saturated rings. The van der Waals surface area contributed by atoms with Crippen molar-refractivity contribution in [3.05, 3.63) is 11.1 Å². The first kappa shape index (κ1) is 13.3. The molecule has 2 atom stereocenters. The van der Waals surface area contributed by atoms with E-state index in [1.165, 1.54) is 0 Å². The Morgan fingerprint density at radius 2 is 2.39 bits per heavy atom. The molecule has 100 valence electrons. The van der Waals surface area contributed by atoms with E-state index in [0.717, 1.165) is 36.6 Å². The summed E-state index contributed by atoms with van der Waals surface area (Å²) in [6, 6.07) is 0. The second-order valence-electron chi connectivity index (χ2n) is 4.91. The Bertz CT molecular complexity index is 432. The summed E-state index contributed by atoms with van der Waals surface area (Å²) in [7, 11) is 0. The third-order valence-corrected chi connectivity index (χ3v) is 4.11. The van der Waals surface area contributed by atoms with Crippen LogP contribution in [0.5, 0.6) is 0 Å². The van der Waals surface area contributed by atoms with Gasteiger partial charge in [0, 0.05) is 18.3 Å². The van der Waals surface area contributed by atoms with E-state index in [4.69, 9.17) is 4.74 Å². The average molecular weight is 268 g/mol. The van der Waals surface area contributed by atoms with Crippen molar-refractivity contribution < 1.29 is 9.53 Å². The predicted octanol–water partition coefficient (Wildman–Crippen LogP) is 3.15. The van der Waals surface area contributed by atoms with Crippen molar-refractivity contribution in [1.82, 2.24) is 4.98 Å². The first-order valence-electron chi connectivity index (χ1n) is 6.51. The predicted molar refractivity (Wildman–Crippen MR) is 72.7 cm³/mol. The number of nitrogens with one attached hydrogen (secondary N) is 1. The van der Waals surface area contributed by atoms with E-state index in [1.807, 2.05) is 19.2 Å². The number of rotatable bonds is 5. The summed E-state index contributed by atoms with van der Waals surface area (Å²) in [6.45, 7) is 6.94. The summed E-state index contributed by atoms with van der Waals surface area (Å²) in [5, 5.41) is 6.06. The van der Waals surface area contributed by atoms with Crippen LogP contribution in [0.4, 0.5) is 5.13 Å². The summed E-state index contributed by atoms with van der Waals surface area (Å²) >= 11 is 1.56. The highest BCUT2D eigenvalue weighted by Gasteiger charge is 2.45. The molecular weight excluding hydrogens is 248 g/mol. The molecule has 0 bridgehead atoms. The number of esters is 1. The lowest BCUT2D eigenvalue weighted by Crippen LogP contribution is -2.21. The maximum absolute atomic E-state index is 11.8. The van der Waals surface area contributed by atoms with Gasteiger partial charge in [0.1, 0.15) is 0 Å². The van der Waals surface area contributed by atoms with Gasteiger partial charge in [0.25, 0.3) is 0 Å². The molecule has 0 amide bonds. The third kappa shape index (κ3) is 2.51. The lowest BCUT2D eigenvalue weighted by molar-refractivity contribution is -0.150. The summed E-state index contributed by atoms with van der Waals surface area (Å²) in [4.78, 5) is 16.3. The molecular formula is C13H20N2O2S. The zero-order valence-corrected chi connectivity index (χ0v) is 12.0. The monoisotopic (exact) mass is 268 g/mol. The molecule has 1 aromatic rings. The average Bonchev–Trinajstić information content (AvgIpc) is 2.87. The summed E-state index contributed by atoms with van der Waals surface area (Å²) in [5.74, 6) is -0.0402. The van der Waals surface area contributed by atoms with Crippen molar-refractivity contribution in [2.75, 3.05) is 11.9 Å². The van der Waals surface area contributed by atoms with E-state index in [2.05, 4.69) is 17.2 Å². The van der Waals surface area contributed by atoms with E-state index in [-0.39, 0.29) is 11.9 Å². The molecule has 1 N–H and O–H groups in total. The van der Waals surface area contributed by atoms with E-state index >= 15 is 0 Å². The number of nitrogens with zero attached hydrogens (tertiary/aromatic N) is 1. The van der Waals surface area contributed by atoms with Crippen LogP contribution in [0.2, 0.25) is 0 Å². The first-order chi connectivity index (χ1) is 8.59. The van der Waals surface area contributed by atoms with Gasteiger partial charge in [-0.05, 0) is 20.3 Å². The first-order valence-corrected chi connectivity index (χ1v) is 7.39. The van der Waals surface area contributed by atoms with Gasteiger partial charge in [-0.15, -0.1) is 11.3 Å². The number of ether oxygens (including phenoxy) is 1. The maximum Gasteiger partial charge on any atom is 0.310 e. The van der Waals surface area contributed by atoms with Gasteiger partial charge in [-0.3, -0.25) is 4.79 Å². The molecule has 2 heterocycles. The molecule has 2 rings (SSSR count). The molecule has 5 heteroatoms. The molecule has 1 aromatic heterocycles. The highest BCUT2D eigenvalue weighted by Crippen LogP contribution is 2.41. The topological polar surface area (TPSA) is 51.2 Å². The fourth-order valence-corrected chi connectivity index (χ4v) is 3.28. The molecule has 18 heavy (non-hydrogen) atoms. The van der Waals surface area contributed by atoms with Crippen LogP contribution >= 0.6 is 11.3 Å².